The average molecular weight is 275 g/mol. The van der Waals surface area contributed by atoms with Crippen LogP contribution in [-0.2, 0) is 4.65 Å². The molecule has 1 aliphatic heterocycles. The molecule has 2 rings (SSSR count). The molecule has 1 N–H and O–H groups in total. The zero-order valence-electron chi connectivity index (χ0n) is 12.3. The number of imidazole rings is 1. The van der Waals surface area contributed by atoms with Crippen LogP contribution in [0.4, 0.5) is 0 Å². The molecule has 1 aromatic heterocycles. The molecule has 0 bridgehead atoms. The van der Waals surface area contributed by atoms with Crippen LogP contribution in [-0.4, -0.2) is 57.9 Å². The molecule has 1 aromatic rings. The molecule has 6 nitrogen and oxygen atoms in total. The molecule has 20 heavy (non-hydrogen) atoms. The molecular weight excluding hydrogens is 255 g/mol. The molecule has 2 heterocycles. The fraction of sp³-hybridized carbons (Fsp3) is 0.615. The maximum atomic E-state index is 10.0. The van der Waals surface area contributed by atoms with Gasteiger partial charge < -0.3 is 9.76 Å². The third-order valence-electron chi connectivity index (χ3n) is 3.58. The summed E-state index contributed by atoms with van der Waals surface area (Å²) in [6, 6.07) is 0. The Kier molecular flexibility index (Phi) is 4.10. The Morgan fingerprint density at radius 3 is 2.65 bits per heavy atom. The monoisotopic (exact) mass is 275 g/mol. The Morgan fingerprint density at radius 2 is 2.15 bits per heavy atom. The lowest BCUT2D eigenvalue weighted by molar-refractivity contribution is -0.0908. The van der Waals surface area contributed by atoms with Crippen LogP contribution in [0.15, 0.2) is 28.7 Å². The minimum Gasteiger partial charge on any atom is -0.430 e. The molecule has 1 radical (unpaired) electrons. The largest absolute Gasteiger partial charge is 0.430 e. The lowest BCUT2D eigenvalue weighted by Crippen LogP contribution is -2.49. The highest BCUT2D eigenvalue weighted by Gasteiger charge is 2.36. The standard InChI is InChI=1S/C13H20BN4O2/c1-12(2,19)13(3,4)20-14-10-7-17-11(8-16-10)18-6-5-15-9-18/h5-6,8-10,19H,7H2,1-4H3. The number of rotatable bonds is 4. The molecule has 0 aliphatic carbocycles. The van der Waals surface area contributed by atoms with Gasteiger partial charge in [-0.3, -0.25) is 14.6 Å². The zero-order chi connectivity index (χ0) is 14.8. The number of nitrogens with zero attached hydrogens (tertiary/aromatic N) is 4. The van der Waals surface area contributed by atoms with Crippen LogP contribution in [0, 0.1) is 0 Å². The summed E-state index contributed by atoms with van der Waals surface area (Å²) in [5.74, 6) is 0.623. The van der Waals surface area contributed by atoms with Gasteiger partial charge in [0.15, 0.2) is 5.84 Å². The number of aromatic nitrogens is 2. The van der Waals surface area contributed by atoms with Crippen molar-refractivity contribution in [1.82, 2.24) is 9.55 Å². The van der Waals surface area contributed by atoms with Crippen molar-refractivity contribution in [3.63, 3.8) is 0 Å². The fourth-order valence-electron chi connectivity index (χ4n) is 1.45. The molecule has 107 valence electrons. The van der Waals surface area contributed by atoms with E-state index >= 15 is 0 Å². The van der Waals surface area contributed by atoms with Gasteiger partial charge in [-0.1, -0.05) is 0 Å². The van der Waals surface area contributed by atoms with E-state index in [4.69, 9.17) is 4.65 Å². The topological polar surface area (TPSA) is 72.0 Å². The van der Waals surface area contributed by atoms with E-state index in [-0.39, 0.29) is 5.94 Å². The van der Waals surface area contributed by atoms with Crippen molar-refractivity contribution in [2.45, 2.75) is 44.8 Å². The minimum absolute atomic E-state index is 0.135. The van der Waals surface area contributed by atoms with Gasteiger partial charge in [-0.05, 0) is 27.7 Å². The quantitative estimate of drug-likeness (QED) is 0.823. The SMILES string of the molecule is CC(C)(O)C(C)(C)O[B]C1CN=C(n2ccnc2)C=N1. The van der Waals surface area contributed by atoms with Gasteiger partial charge in [-0.25, -0.2) is 4.98 Å². The van der Waals surface area contributed by atoms with Crippen LogP contribution < -0.4 is 0 Å². The Balaban J connectivity index is 1.88. The molecule has 0 fully saturated rings. The van der Waals surface area contributed by atoms with Crippen LogP contribution >= 0.6 is 0 Å². The maximum absolute atomic E-state index is 10.0. The van der Waals surface area contributed by atoms with Crippen molar-refractivity contribution in [2.75, 3.05) is 6.54 Å². The highest BCUT2D eigenvalue weighted by Crippen LogP contribution is 2.24. The van der Waals surface area contributed by atoms with Crippen molar-refractivity contribution in [1.29, 1.82) is 0 Å². The molecule has 7 heteroatoms. The first-order valence-corrected chi connectivity index (χ1v) is 6.59. The average Bonchev–Trinajstić information content (AvgIpc) is 2.89. The molecule has 0 spiro atoms. The molecule has 1 atom stereocenters. The molecule has 0 saturated carbocycles. The van der Waals surface area contributed by atoms with E-state index in [1.807, 2.05) is 20.0 Å². The summed E-state index contributed by atoms with van der Waals surface area (Å²) in [6.07, 6.45) is 6.90. The summed E-state index contributed by atoms with van der Waals surface area (Å²) in [4.78, 5) is 12.8. The highest BCUT2D eigenvalue weighted by molar-refractivity contribution is 6.35. The Morgan fingerprint density at radius 1 is 1.40 bits per heavy atom. The molecule has 0 amide bonds. The fourth-order valence-corrected chi connectivity index (χ4v) is 1.45. The summed E-state index contributed by atoms with van der Waals surface area (Å²) in [5.41, 5.74) is -1.62. The number of hydrogen-bond donors (Lipinski definition) is 1. The predicted octanol–water partition coefficient (Wildman–Crippen LogP) is 0.725. The van der Waals surface area contributed by atoms with Gasteiger partial charge in [0, 0.05) is 12.4 Å². The second-order valence-corrected chi connectivity index (χ2v) is 5.84. The van der Waals surface area contributed by atoms with E-state index in [9.17, 15) is 5.11 Å². The maximum Gasteiger partial charge on any atom is 0.321 e. The van der Waals surface area contributed by atoms with E-state index in [1.54, 1.807) is 44.6 Å². The van der Waals surface area contributed by atoms with Crippen LogP contribution in [0.2, 0.25) is 0 Å². The first-order valence-electron chi connectivity index (χ1n) is 6.59. The summed E-state index contributed by atoms with van der Waals surface area (Å²) >= 11 is 0. The Labute approximate surface area is 119 Å². The molecule has 0 saturated heterocycles. The zero-order valence-corrected chi connectivity index (χ0v) is 12.3. The van der Waals surface area contributed by atoms with Crippen LogP contribution in [0.1, 0.15) is 27.7 Å². The number of aliphatic hydroxyl groups is 1. The first-order chi connectivity index (χ1) is 9.29. The first kappa shape index (κ1) is 14.9. The highest BCUT2D eigenvalue weighted by atomic mass is 16.5. The van der Waals surface area contributed by atoms with Crippen molar-refractivity contribution in [2.24, 2.45) is 9.98 Å². The third kappa shape index (κ3) is 3.35. The third-order valence-corrected chi connectivity index (χ3v) is 3.58. The van der Waals surface area contributed by atoms with E-state index in [2.05, 4.69) is 15.0 Å². The van der Waals surface area contributed by atoms with Crippen molar-refractivity contribution in [3.8, 4) is 0 Å². The van der Waals surface area contributed by atoms with Crippen molar-refractivity contribution < 1.29 is 9.76 Å². The summed E-state index contributed by atoms with van der Waals surface area (Å²) in [6.45, 7) is 7.65. The molecule has 1 aliphatic rings. The van der Waals surface area contributed by atoms with Gasteiger partial charge >= 0.3 is 7.48 Å². The van der Waals surface area contributed by atoms with Crippen molar-refractivity contribution in [3.05, 3.63) is 18.7 Å². The number of aliphatic imine (C=N–C) groups is 2. The molecular formula is C13H20BN4O2. The van der Waals surface area contributed by atoms with Crippen LogP contribution in [0.3, 0.4) is 0 Å². The summed E-state index contributed by atoms with van der Waals surface area (Å²) in [5, 5.41) is 10.0. The van der Waals surface area contributed by atoms with Gasteiger partial charge in [0.25, 0.3) is 0 Å². The summed E-state index contributed by atoms with van der Waals surface area (Å²) in [7, 11) is 1.64. The van der Waals surface area contributed by atoms with Gasteiger partial charge in [-0.2, -0.15) is 0 Å². The second kappa shape index (κ2) is 5.50. The molecule has 1 unspecified atom stereocenters. The van der Waals surface area contributed by atoms with Gasteiger partial charge in [0.05, 0.1) is 29.9 Å². The molecule has 0 aromatic carbocycles. The van der Waals surface area contributed by atoms with Gasteiger partial charge in [-0.15, -0.1) is 0 Å². The normalized spacial score (nSPS) is 19.9. The predicted molar refractivity (Wildman–Crippen MR) is 79.4 cm³/mol. The van der Waals surface area contributed by atoms with E-state index in [0.29, 0.717) is 6.54 Å². The van der Waals surface area contributed by atoms with Crippen molar-refractivity contribution >= 4 is 19.5 Å². The smallest absolute Gasteiger partial charge is 0.321 e. The summed E-state index contributed by atoms with van der Waals surface area (Å²) < 4.78 is 7.49. The van der Waals surface area contributed by atoms with E-state index in [1.165, 1.54) is 0 Å². The minimum atomic E-state index is -0.937. The lowest BCUT2D eigenvalue weighted by atomic mass is 9.82. The van der Waals surface area contributed by atoms with Crippen LogP contribution in [0.5, 0.6) is 0 Å². The Bertz CT molecular complexity index is 503. The second-order valence-electron chi connectivity index (χ2n) is 5.84. The number of hydrogen-bond acceptors (Lipinski definition) is 5. The lowest BCUT2D eigenvalue weighted by Gasteiger charge is -2.38. The van der Waals surface area contributed by atoms with Gasteiger partial charge in [0.1, 0.15) is 6.33 Å². The Hall–Kier alpha value is -1.47. The van der Waals surface area contributed by atoms with E-state index in [0.717, 1.165) is 5.84 Å². The van der Waals surface area contributed by atoms with E-state index < -0.39 is 11.2 Å². The van der Waals surface area contributed by atoms with Crippen LogP contribution in [0.25, 0.3) is 0 Å². The van der Waals surface area contributed by atoms with Gasteiger partial charge in [0.2, 0.25) is 0 Å².